The summed E-state index contributed by atoms with van der Waals surface area (Å²) in [5.41, 5.74) is 3.66. The van der Waals surface area contributed by atoms with Gasteiger partial charge in [0.1, 0.15) is 0 Å². The van der Waals surface area contributed by atoms with Crippen molar-refractivity contribution in [2.24, 2.45) is 0 Å². The molecule has 33 heavy (non-hydrogen) atoms. The van der Waals surface area contributed by atoms with E-state index >= 15 is 0 Å². The number of rotatable bonds is 7. The Morgan fingerprint density at radius 2 is 1.55 bits per heavy atom. The first-order valence-corrected chi connectivity index (χ1v) is 10.8. The molecule has 2 aromatic heterocycles. The third kappa shape index (κ3) is 3.93. The number of methoxy groups -OCH3 is 2. The molecule has 7 heteroatoms. The Labute approximate surface area is 192 Å². The smallest absolute Gasteiger partial charge is 0.226 e. The number of nitrogens with zero attached hydrogens (tertiary/aromatic N) is 4. The predicted octanol–water partition coefficient (Wildman–Crippen LogP) is 5.18. The summed E-state index contributed by atoms with van der Waals surface area (Å²) >= 11 is 0. The van der Waals surface area contributed by atoms with Gasteiger partial charge in [0.15, 0.2) is 23.0 Å². The number of benzene rings is 3. The van der Waals surface area contributed by atoms with E-state index in [-0.39, 0.29) is 0 Å². The van der Waals surface area contributed by atoms with E-state index in [4.69, 9.17) is 24.5 Å². The average Bonchev–Trinajstić information content (AvgIpc) is 3.33. The molecule has 5 aromatic rings. The van der Waals surface area contributed by atoms with Gasteiger partial charge in [-0.1, -0.05) is 67.6 Å². The number of ether oxygens (including phenoxy) is 2. The second-order valence-corrected chi connectivity index (χ2v) is 7.89. The molecule has 0 spiro atoms. The van der Waals surface area contributed by atoms with Crippen LogP contribution in [0.2, 0.25) is 0 Å². The number of anilines is 1. The Bertz CT molecular complexity index is 1400. The minimum Gasteiger partial charge on any atom is -0.493 e. The topological polar surface area (TPSA) is 73.6 Å². The van der Waals surface area contributed by atoms with Crippen LogP contribution >= 0.6 is 0 Å². The molecule has 1 atom stereocenters. The number of aromatic nitrogens is 4. The van der Waals surface area contributed by atoms with Crippen LogP contribution in [-0.4, -0.2) is 40.3 Å². The second kappa shape index (κ2) is 8.78. The van der Waals surface area contributed by atoms with E-state index in [1.54, 1.807) is 18.7 Å². The van der Waals surface area contributed by atoms with Gasteiger partial charge in [0.25, 0.3) is 0 Å². The quantitative estimate of drug-likeness (QED) is 0.377. The van der Waals surface area contributed by atoms with Crippen LogP contribution in [0.25, 0.3) is 27.9 Å². The molecule has 3 aromatic carbocycles. The van der Waals surface area contributed by atoms with E-state index in [0.29, 0.717) is 41.4 Å². The SMILES string of the molecule is COc1cc2nc(NC[C@H](C)c3ccccc3)n3nc(-c4ccccc4)nc3c2cc1OC. The van der Waals surface area contributed by atoms with Crippen molar-refractivity contribution in [3.8, 4) is 22.9 Å². The minimum atomic E-state index is 0.293. The lowest BCUT2D eigenvalue weighted by Gasteiger charge is -2.15. The molecule has 0 amide bonds. The highest BCUT2D eigenvalue weighted by atomic mass is 16.5. The zero-order chi connectivity index (χ0) is 22.8. The molecule has 166 valence electrons. The van der Waals surface area contributed by atoms with Crippen molar-refractivity contribution in [1.29, 1.82) is 0 Å². The van der Waals surface area contributed by atoms with Crippen LogP contribution in [0.1, 0.15) is 18.4 Å². The van der Waals surface area contributed by atoms with E-state index in [1.807, 2.05) is 48.5 Å². The first kappa shape index (κ1) is 20.8. The van der Waals surface area contributed by atoms with Gasteiger partial charge in [-0.25, -0.2) is 9.97 Å². The van der Waals surface area contributed by atoms with Gasteiger partial charge in [-0.05, 0) is 17.5 Å². The molecule has 0 bridgehead atoms. The molecule has 0 saturated carbocycles. The van der Waals surface area contributed by atoms with Crippen LogP contribution in [0.3, 0.4) is 0 Å². The molecule has 0 aliphatic heterocycles. The highest BCUT2D eigenvalue weighted by Gasteiger charge is 2.18. The van der Waals surface area contributed by atoms with Gasteiger partial charge in [0.05, 0.1) is 19.7 Å². The van der Waals surface area contributed by atoms with Crippen molar-refractivity contribution in [1.82, 2.24) is 19.6 Å². The van der Waals surface area contributed by atoms with Crippen LogP contribution in [0.15, 0.2) is 72.8 Å². The number of hydrogen-bond acceptors (Lipinski definition) is 6. The number of fused-ring (bicyclic) bond motifs is 3. The second-order valence-electron chi connectivity index (χ2n) is 7.89. The van der Waals surface area contributed by atoms with Crippen LogP contribution in [0.4, 0.5) is 5.95 Å². The van der Waals surface area contributed by atoms with Gasteiger partial charge in [-0.3, -0.25) is 0 Å². The van der Waals surface area contributed by atoms with E-state index < -0.39 is 0 Å². The van der Waals surface area contributed by atoms with Gasteiger partial charge in [0.2, 0.25) is 5.95 Å². The fourth-order valence-electron chi connectivity index (χ4n) is 3.90. The Morgan fingerprint density at radius 1 is 0.879 bits per heavy atom. The predicted molar refractivity (Wildman–Crippen MR) is 130 cm³/mol. The zero-order valence-corrected chi connectivity index (χ0v) is 18.8. The third-order valence-electron chi connectivity index (χ3n) is 5.74. The van der Waals surface area contributed by atoms with Crippen LogP contribution in [0, 0.1) is 0 Å². The molecular weight excluding hydrogens is 414 g/mol. The fraction of sp³-hybridized carbons (Fsp3) is 0.192. The van der Waals surface area contributed by atoms with Gasteiger partial charge in [0, 0.05) is 23.6 Å². The summed E-state index contributed by atoms with van der Waals surface area (Å²) in [5, 5.41) is 9.11. The molecule has 0 unspecified atom stereocenters. The first-order valence-electron chi connectivity index (χ1n) is 10.8. The average molecular weight is 440 g/mol. The van der Waals surface area contributed by atoms with Crippen LogP contribution < -0.4 is 14.8 Å². The van der Waals surface area contributed by atoms with Crippen molar-refractivity contribution in [2.45, 2.75) is 12.8 Å². The van der Waals surface area contributed by atoms with Gasteiger partial charge in [-0.15, -0.1) is 5.10 Å². The number of hydrogen-bond donors (Lipinski definition) is 1. The molecule has 2 heterocycles. The largest absolute Gasteiger partial charge is 0.493 e. The van der Waals surface area contributed by atoms with Gasteiger partial charge in [-0.2, -0.15) is 4.52 Å². The molecule has 0 saturated heterocycles. The monoisotopic (exact) mass is 439 g/mol. The van der Waals surface area contributed by atoms with Crippen molar-refractivity contribution >= 4 is 22.5 Å². The molecule has 5 rings (SSSR count). The molecule has 0 radical (unpaired) electrons. The van der Waals surface area contributed by atoms with Crippen molar-refractivity contribution < 1.29 is 9.47 Å². The zero-order valence-electron chi connectivity index (χ0n) is 18.8. The highest BCUT2D eigenvalue weighted by molar-refractivity contribution is 5.95. The molecule has 0 aliphatic rings. The number of nitrogens with one attached hydrogen (secondary N) is 1. The van der Waals surface area contributed by atoms with Crippen LogP contribution in [-0.2, 0) is 0 Å². The van der Waals surface area contributed by atoms with E-state index in [9.17, 15) is 0 Å². The summed E-state index contributed by atoms with van der Waals surface area (Å²) in [6, 6.07) is 24.1. The Hall–Kier alpha value is -4.13. The van der Waals surface area contributed by atoms with E-state index in [1.165, 1.54) is 5.56 Å². The maximum Gasteiger partial charge on any atom is 0.226 e. The lowest BCUT2D eigenvalue weighted by atomic mass is 10.0. The molecule has 1 N–H and O–H groups in total. The third-order valence-corrected chi connectivity index (χ3v) is 5.74. The molecule has 0 aliphatic carbocycles. The first-order chi connectivity index (χ1) is 16.2. The van der Waals surface area contributed by atoms with Crippen molar-refractivity contribution in [3.05, 3.63) is 78.4 Å². The lowest BCUT2D eigenvalue weighted by Crippen LogP contribution is -2.14. The van der Waals surface area contributed by atoms with E-state index in [0.717, 1.165) is 16.5 Å². The summed E-state index contributed by atoms with van der Waals surface area (Å²) in [4.78, 5) is 9.74. The Kier molecular flexibility index (Phi) is 5.52. The van der Waals surface area contributed by atoms with E-state index in [2.05, 4.69) is 36.5 Å². The standard InChI is InChI=1S/C26H25N5O2/c1-17(18-10-6-4-7-11-18)16-27-26-28-21-15-23(33-3)22(32-2)14-20(21)25-29-24(30-31(25)26)19-12-8-5-9-13-19/h4-15,17H,16H2,1-3H3,(H,27,28)/t17-/m0/s1. The highest BCUT2D eigenvalue weighted by Crippen LogP contribution is 2.34. The summed E-state index contributed by atoms with van der Waals surface area (Å²) in [7, 11) is 3.24. The molecule has 0 fully saturated rings. The summed E-state index contributed by atoms with van der Waals surface area (Å²) in [5.74, 6) is 2.80. The normalized spacial score (nSPS) is 12.1. The Morgan fingerprint density at radius 3 is 2.24 bits per heavy atom. The van der Waals surface area contributed by atoms with Gasteiger partial charge >= 0.3 is 0 Å². The fourth-order valence-corrected chi connectivity index (χ4v) is 3.90. The van der Waals surface area contributed by atoms with Gasteiger partial charge < -0.3 is 14.8 Å². The Balaban J connectivity index is 1.63. The lowest BCUT2D eigenvalue weighted by molar-refractivity contribution is 0.356. The summed E-state index contributed by atoms with van der Waals surface area (Å²) in [6.45, 7) is 2.89. The van der Waals surface area contributed by atoms with Crippen molar-refractivity contribution in [3.63, 3.8) is 0 Å². The molecule has 7 nitrogen and oxygen atoms in total. The summed E-state index contributed by atoms with van der Waals surface area (Å²) < 4.78 is 12.8. The minimum absolute atomic E-state index is 0.293. The van der Waals surface area contributed by atoms with Crippen LogP contribution in [0.5, 0.6) is 11.5 Å². The summed E-state index contributed by atoms with van der Waals surface area (Å²) in [6.07, 6.45) is 0. The molecular formula is C26H25N5O2. The maximum absolute atomic E-state index is 5.52. The van der Waals surface area contributed by atoms with Crippen molar-refractivity contribution in [2.75, 3.05) is 26.1 Å². The maximum atomic E-state index is 5.52.